The van der Waals surface area contributed by atoms with Crippen LogP contribution in [0.4, 0.5) is 4.79 Å². The van der Waals surface area contributed by atoms with Crippen LogP contribution in [0.1, 0.15) is 51.8 Å². The van der Waals surface area contributed by atoms with E-state index in [1.807, 2.05) is 6.07 Å². The van der Waals surface area contributed by atoms with Crippen LogP contribution >= 0.6 is 0 Å². The van der Waals surface area contributed by atoms with Crippen molar-refractivity contribution in [2.45, 2.75) is 57.5 Å². The van der Waals surface area contributed by atoms with Gasteiger partial charge < -0.3 is 19.9 Å². The number of nitrogens with zero attached hydrogens (tertiary/aromatic N) is 3. The molecule has 0 aromatic carbocycles. The number of urea groups is 1. The minimum Gasteiger partial charge on any atom is -0.464 e. The summed E-state index contributed by atoms with van der Waals surface area (Å²) in [7, 11) is 0. The first kappa shape index (κ1) is 19.8. The van der Waals surface area contributed by atoms with Crippen LogP contribution < -0.4 is 10.6 Å². The van der Waals surface area contributed by atoms with Crippen LogP contribution in [-0.4, -0.2) is 39.8 Å². The summed E-state index contributed by atoms with van der Waals surface area (Å²) in [6.45, 7) is 3.56. The lowest BCUT2D eigenvalue weighted by atomic mass is 9.81. The van der Waals surface area contributed by atoms with Gasteiger partial charge in [-0.3, -0.25) is 4.98 Å². The molecule has 28 heavy (non-hydrogen) atoms. The van der Waals surface area contributed by atoms with Crippen LogP contribution in [0.3, 0.4) is 0 Å². The predicted molar refractivity (Wildman–Crippen MR) is 100 cm³/mol. The van der Waals surface area contributed by atoms with Crippen molar-refractivity contribution in [2.75, 3.05) is 6.61 Å². The summed E-state index contributed by atoms with van der Waals surface area (Å²) < 4.78 is 10.5. The fourth-order valence-corrected chi connectivity index (χ4v) is 3.35. The molecule has 2 amide bonds. The average molecular weight is 387 g/mol. The third-order valence-corrected chi connectivity index (χ3v) is 4.80. The summed E-state index contributed by atoms with van der Waals surface area (Å²) in [6.07, 6.45) is 7.63. The van der Waals surface area contributed by atoms with E-state index in [4.69, 9.17) is 9.26 Å². The molecule has 0 spiro atoms. The van der Waals surface area contributed by atoms with E-state index in [0.29, 0.717) is 24.6 Å². The fraction of sp³-hybridized carbons (Fsp3) is 0.526. The first-order chi connectivity index (χ1) is 13.5. The van der Waals surface area contributed by atoms with E-state index in [-0.39, 0.29) is 6.61 Å². The Balaban J connectivity index is 1.77. The molecule has 0 saturated heterocycles. The number of rotatable bonds is 6. The van der Waals surface area contributed by atoms with Crippen LogP contribution in [0.2, 0.25) is 0 Å². The highest BCUT2D eigenvalue weighted by Crippen LogP contribution is 2.37. The maximum atomic E-state index is 12.6. The van der Waals surface area contributed by atoms with Gasteiger partial charge in [-0.15, -0.1) is 0 Å². The van der Waals surface area contributed by atoms with Crippen molar-refractivity contribution in [1.29, 1.82) is 0 Å². The van der Waals surface area contributed by atoms with Gasteiger partial charge in [0.25, 0.3) is 5.89 Å². The Hall–Kier alpha value is -2.97. The van der Waals surface area contributed by atoms with Gasteiger partial charge in [-0.2, -0.15) is 4.98 Å². The number of nitrogens with one attached hydrogen (secondary N) is 2. The minimum absolute atomic E-state index is 0.259. The summed E-state index contributed by atoms with van der Waals surface area (Å²) in [5.74, 6) is 0.312. The van der Waals surface area contributed by atoms with Crippen molar-refractivity contribution in [2.24, 2.45) is 0 Å². The normalized spacial score (nSPS) is 16.8. The molecule has 1 saturated carbocycles. The Morgan fingerprint density at radius 3 is 2.79 bits per heavy atom. The Morgan fingerprint density at radius 1 is 1.32 bits per heavy atom. The Bertz CT molecular complexity index is 802. The van der Waals surface area contributed by atoms with Gasteiger partial charge in [-0.1, -0.05) is 24.4 Å². The van der Waals surface area contributed by atoms with Gasteiger partial charge in [0.2, 0.25) is 5.82 Å². The summed E-state index contributed by atoms with van der Waals surface area (Å²) in [5.41, 5.74) is -0.0201. The fourth-order valence-electron chi connectivity index (χ4n) is 3.35. The standard InChI is InChI=1S/C19H25N5O4/c1-3-27-16(25)13(2)21-18(26)23-19(9-5-4-6-10-19)17-22-15(24-28-17)14-8-7-11-20-12-14/h7-8,11-13H,3-6,9-10H2,1-2H3,(H2,21,23,26)/t13-/m0/s1. The molecular weight excluding hydrogens is 362 g/mol. The van der Waals surface area contributed by atoms with E-state index in [2.05, 4.69) is 25.8 Å². The maximum absolute atomic E-state index is 12.6. The zero-order valence-electron chi connectivity index (χ0n) is 16.1. The SMILES string of the molecule is CCOC(=O)[C@H](C)NC(=O)NC1(c2nc(-c3cccnc3)no2)CCCCC1. The van der Waals surface area contributed by atoms with Gasteiger partial charge in [-0.05, 0) is 38.8 Å². The van der Waals surface area contributed by atoms with E-state index >= 15 is 0 Å². The number of carbonyl (C=O) groups is 2. The third-order valence-electron chi connectivity index (χ3n) is 4.80. The van der Waals surface area contributed by atoms with Gasteiger partial charge in [0, 0.05) is 18.0 Å². The zero-order valence-corrected chi connectivity index (χ0v) is 16.1. The number of pyridine rings is 1. The highest BCUT2D eigenvalue weighted by atomic mass is 16.5. The van der Waals surface area contributed by atoms with Gasteiger partial charge in [0.1, 0.15) is 11.6 Å². The number of esters is 1. The molecular formula is C19H25N5O4. The number of carbonyl (C=O) groups excluding carboxylic acids is 2. The second-order valence-electron chi connectivity index (χ2n) is 6.88. The highest BCUT2D eigenvalue weighted by Gasteiger charge is 2.41. The number of ether oxygens (including phenoxy) is 1. The molecule has 3 rings (SSSR count). The summed E-state index contributed by atoms with van der Waals surface area (Å²) in [5, 5.41) is 9.65. The first-order valence-corrected chi connectivity index (χ1v) is 9.54. The number of hydrogen-bond donors (Lipinski definition) is 2. The topological polar surface area (TPSA) is 119 Å². The average Bonchev–Trinajstić information content (AvgIpc) is 3.20. The lowest BCUT2D eigenvalue weighted by Gasteiger charge is -2.34. The zero-order chi connectivity index (χ0) is 20.0. The number of amides is 2. The molecule has 150 valence electrons. The Kier molecular flexibility index (Phi) is 6.23. The third kappa shape index (κ3) is 4.47. The molecule has 0 bridgehead atoms. The molecule has 1 atom stereocenters. The number of hydrogen-bond acceptors (Lipinski definition) is 7. The van der Waals surface area contributed by atoms with Crippen molar-refractivity contribution in [3.63, 3.8) is 0 Å². The molecule has 0 aliphatic heterocycles. The van der Waals surface area contributed by atoms with Crippen LogP contribution in [-0.2, 0) is 15.1 Å². The van der Waals surface area contributed by atoms with E-state index in [1.54, 1.807) is 32.3 Å². The summed E-state index contributed by atoms with van der Waals surface area (Å²) in [6, 6.07) is 2.42. The van der Waals surface area contributed by atoms with E-state index in [9.17, 15) is 9.59 Å². The summed E-state index contributed by atoms with van der Waals surface area (Å²) >= 11 is 0. The molecule has 1 aliphatic rings. The lowest BCUT2D eigenvalue weighted by Crippen LogP contribution is -2.54. The molecule has 1 aliphatic carbocycles. The quantitative estimate of drug-likeness (QED) is 0.731. The lowest BCUT2D eigenvalue weighted by molar-refractivity contribution is -0.144. The Labute approximate surface area is 163 Å². The predicted octanol–water partition coefficient (Wildman–Crippen LogP) is 2.54. The van der Waals surface area contributed by atoms with Crippen LogP contribution in [0.5, 0.6) is 0 Å². The Morgan fingerprint density at radius 2 is 2.11 bits per heavy atom. The van der Waals surface area contributed by atoms with Crippen molar-refractivity contribution < 1.29 is 18.8 Å². The molecule has 9 heteroatoms. The van der Waals surface area contributed by atoms with Crippen molar-refractivity contribution in [3.8, 4) is 11.4 Å². The minimum atomic E-state index is -0.760. The molecule has 2 N–H and O–H groups in total. The van der Waals surface area contributed by atoms with Crippen LogP contribution in [0.15, 0.2) is 29.0 Å². The van der Waals surface area contributed by atoms with Crippen molar-refractivity contribution in [1.82, 2.24) is 25.8 Å². The molecule has 0 unspecified atom stereocenters. The number of aromatic nitrogens is 3. The highest BCUT2D eigenvalue weighted by molar-refractivity contribution is 5.83. The molecule has 2 aromatic rings. The smallest absolute Gasteiger partial charge is 0.328 e. The van der Waals surface area contributed by atoms with Gasteiger partial charge in [0.05, 0.1) is 6.61 Å². The van der Waals surface area contributed by atoms with Crippen LogP contribution in [0, 0.1) is 0 Å². The second-order valence-corrected chi connectivity index (χ2v) is 6.88. The largest absolute Gasteiger partial charge is 0.464 e. The molecule has 0 radical (unpaired) electrons. The molecule has 9 nitrogen and oxygen atoms in total. The van der Waals surface area contributed by atoms with E-state index < -0.39 is 23.6 Å². The molecule has 1 fully saturated rings. The van der Waals surface area contributed by atoms with E-state index in [0.717, 1.165) is 24.8 Å². The first-order valence-electron chi connectivity index (χ1n) is 9.54. The molecule has 2 aromatic heterocycles. The van der Waals surface area contributed by atoms with E-state index in [1.165, 1.54) is 0 Å². The molecule has 2 heterocycles. The van der Waals surface area contributed by atoms with Crippen molar-refractivity contribution >= 4 is 12.0 Å². The van der Waals surface area contributed by atoms with Gasteiger partial charge >= 0.3 is 12.0 Å². The maximum Gasteiger partial charge on any atom is 0.328 e. The second kappa shape index (κ2) is 8.81. The van der Waals surface area contributed by atoms with Crippen molar-refractivity contribution in [3.05, 3.63) is 30.4 Å². The monoisotopic (exact) mass is 387 g/mol. The van der Waals surface area contributed by atoms with Gasteiger partial charge in [0.15, 0.2) is 0 Å². The van der Waals surface area contributed by atoms with Crippen LogP contribution in [0.25, 0.3) is 11.4 Å². The summed E-state index contributed by atoms with van der Waals surface area (Å²) in [4.78, 5) is 32.9. The van der Waals surface area contributed by atoms with Gasteiger partial charge in [-0.25, -0.2) is 9.59 Å².